The number of carbonyl (C=O) groups excluding carboxylic acids is 1. The standard InChI is InChI=1S/C16H18N2O2/c1-12(2)14-8-9-15(17-10-14)18-16(19)20-11-13-6-4-3-5-7-13/h3-10,12H,11H2,1-2H3,(H,17,18,19). The van der Waals surface area contributed by atoms with Gasteiger partial charge in [0, 0.05) is 6.20 Å². The first kappa shape index (κ1) is 14.1. The summed E-state index contributed by atoms with van der Waals surface area (Å²) in [5.74, 6) is 0.911. The number of carbonyl (C=O) groups is 1. The van der Waals surface area contributed by atoms with Crippen molar-refractivity contribution in [2.75, 3.05) is 5.32 Å². The number of hydrogen-bond acceptors (Lipinski definition) is 3. The topological polar surface area (TPSA) is 51.2 Å². The van der Waals surface area contributed by atoms with Crippen LogP contribution in [0.4, 0.5) is 10.6 Å². The number of amides is 1. The number of ether oxygens (including phenoxy) is 1. The average molecular weight is 270 g/mol. The first-order valence-corrected chi connectivity index (χ1v) is 6.59. The van der Waals surface area contributed by atoms with Gasteiger partial charge in [-0.3, -0.25) is 5.32 Å². The van der Waals surface area contributed by atoms with Gasteiger partial charge in [-0.2, -0.15) is 0 Å². The quantitative estimate of drug-likeness (QED) is 0.915. The number of aromatic nitrogens is 1. The monoisotopic (exact) mass is 270 g/mol. The smallest absolute Gasteiger partial charge is 0.413 e. The largest absolute Gasteiger partial charge is 0.444 e. The molecule has 0 aliphatic heterocycles. The van der Waals surface area contributed by atoms with Crippen LogP contribution >= 0.6 is 0 Å². The Bertz CT molecular complexity index is 550. The number of hydrogen-bond donors (Lipinski definition) is 1. The normalized spacial score (nSPS) is 10.3. The Labute approximate surface area is 118 Å². The van der Waals surface area contributed by atoms with Crippen molar-refractivity contribution in [1.29, 1.82) is 0 Å². The summed E-state index contributed by atoms with van der Waals surface area (Å²) < 4.78 is 5.12. The van der Waals surface area contributed by atoms with Crippen molar-refractivity contribution in [3.8, 4) is 0 Å². The second-order valence-corrected chi connectivity index (χ2v) is 4.82. The summed E-state index contributed by atoms with van der Waals surface area (Å²) in [4.78, 5) is 15.8. The third-order valence-corrected chi connectivity index (χ3v) is 2.90. The molecule has 1 N–H and O–H groups in total. The van der Waals surface area contributed by atoms with Gasteiger partial charge in [0.15, 0.2) is 0 Å². The molecule has 0 saturated heterocycles. The summed E-state index contributed by atoms with van der Waals surface area (Å²) in [5, 5.41) is 2.61. The van der Waals surface area contributed by atoms with Crippen molar-refractivity contribution in [2.45, 2.75) is 26.4 Å². The van der Waals surface area contributed by atoms with E-state index < -0.39 is 6.09 Å². The van der Waals surface area contributed by atoms with Crippen LogP contribution in [0.2, 0.25) is 0 Å². The van der Waals surface area contributed by atoms with E-state index in [0.717, 1.165) is 11.1 Å². The number of nitrogens with zero attached hydrogens (tertiary/aromatic N) is 1. The predicted molar refractivity (Wildman–Crippen MR) is 78.6 cm³/mol. The molecule has 0 spiro atoms. The lowest BCUT2D eigenvalue weighted by Crippen LogP contribution is -2.14. The summed E-state index contributed by atoms with van der Waals surface area (Å²) in [7, 11) is 0. The van der Waals surface area contributed by atoms with Gasteiger partial charge >= 0.3 is 6.09 Å². The second-order valence-electron chi connectivity index (χ2n) is 4.82. The van der Waals surface area contributed by atoms with Crippen molar-refractivity contribution in [2.24, 2.45) is 0 Å². The molecule has 0 aliphatic rings. The maximum absolute atomic E-state index is 11.6. The molecule has 4 heteroatoms. The van der Waals surface area contributed by atoms with Crippen molar-refractivity contribution >= 4 is 11.9 Å². The molecule has 1 heterocycles. The highest BCUT2D eigenvalue weighted by molar-refractivity contribution is 5.83. The summed E-state index contributed by atoms with van der Waals surface area (Å²) >= 11 is 0. The first-order chi connectivity index (χ1) is 9.65. The molecule has 0 radical (unpaired) electrons. The van der Waals surface area contributed by atoms with Crippen LogP contribution in [0.3, 0.4) is 0 Å². The van der Waals surface area contributed by atoms with Gasteiger partial charge in [-0.15, -0.1) is 0 Å². The molecule has 2 aromatic rings. The van der Waals surface area contributed by atoms with E-state index in [0.29, 0.717) is 11.7 Å². The van der Waals surface area contributed by atoms with Crippen molar-refractivity contribution in [1.82, 2.24) is 4.98 Å². The molecular formula is C16H18N2O2. The fraction of sp³-hybridized carbons (Fsp3) is 0.250. The fourth-order valence-corrected chi connectivity index (χ4v) is 1.68. The Balaban J connectivity index is 1.85. The summed E-state index contributed by atoms with van der Waals surface area (Å²) in [6, 6.07) is 13.3. The lowest BCUT2D eigenvalue weighted by atomic mass is 10.1. The number of anilines is 1. The van der Waals surface area contributed by atoms with Crippen LogP contribution in [0.25, 0.3) is 0 Å². The van der Waals surface area contributed by atoms with E-state index in [9.17, 15) is 4.79 Å². The molecule has 0 bridgehead atoms. The predicted octanol–water partition coefficient (Wildman–Crippen LogP) is 3.95. The van der Waals surface area contributed by atoms with Gasteiger partial charge < -0.3 is 4.74 Å². The molecule has 1 aromatic carbocycles. The van der Waals surface area contributed by atoms with E-state index in [4.69, 9.17) is 4.74 Å². The van der Waals surface area contributed by atoms with Crippen LogP contribution in [-0.2, 0) is 11.3 Å². The van der Waals surface area contributed by atoms with Crippen LogP contribution in [0.5, 0.6) is 0 Å². The second kappa shape index (κ2) is 6.70. The van der Waals surface area contributed by atoms with Crippen LogP contribution < -0.4 is 5.32 Å². The van der Waals surface area contributed by atoms with Gasteiger partial charge in [0.05, 0.1) is 0 Å². The minimum absolute atomic E-state index is 0.247. The Hall–Kier alpha value is -2.36. The van der Waals surface area contributed by atoms with E-state index in [-0.39, 0.29) is 6.61 Å². The Morgan fingerprint density at radius 3 is 2.55 bits per heavy atom. The Morgan fingerprint density at radius 2 is 1.95 bits per heavy atom. The molecule has 0 fully saturated rings. The molecule has 1 amide bonds. The number of pyridine rings is 1. The van der Waals surface area contributed by atoms with Gasteiger partial charge in [0.2, 0.25) is 0 Å². The lowest BCUT2D eigenvalue weighted by molar-refractivity contribution is 0.155. The van der Waals surface area contributed by atoms with Gasteiger partial charge in [0.1, 0.15) is 12.4 Å². The van der Waals surface area contributed by atoms with Gasteiger partial charge in [0.25, 0.3) is 0 Å². The van der Waals surface area contributed by atoms with Crippen molar-refractivity contribution < 1.29 is 9.53 Å². The molecule has 1 aromatic heterocycles. The highest BCUT2D eigenvalue weighted by Crippen LogP contribution is 2.14. The highest BCUT2D eigenvalue weighted by atomic mass is 16.5. The molecule has 0 aliphatic carbocycles. The molecule has 104 valence electrons. The third kappa shape index (κ3) is 4.09. The molecular weight excluding hydrogens is 252 g/mol. The van der Waals surface area contributed by atoms with Crippen LogP contribution in [-0.4, -0.2) is 11.1 Å². The average Bonchev–Trinajstić information content (AvgIpc) is 2.47. The minimum atomic E-state index is -0.501. The van der Waals surface area contributed by atoms with Gasteiger partial charge in [-0.25, -0.2) is 9.78 Å². The van der Waals surface area contributed by atoms with E-state index in [2.05, 4.69) is 24.1 Å². The SMILES string of the molecule is CC(C)c1ccc(NC(=O)OCc2ccccc2)nc1. The zero-order valence-electron chi connectivity index (χ0n) is 11.7. The Morgan fingerprint density at radius 1 is 1.20 bits per heavy atom. The van der Waals surface area contributed by atoms with E-state index in [1.807, 2.05) is 36.4 Å². The minimum Gasteiger partial charge on any atom is -0.444 e. The zero-order valence-corrected chi connectivity index (χ0v) is 11.7. The van der Waals surface area contributed by atoms with Crippen molar-refractivity contribution in [3.63, 3.8) is 0 Å². The fourth-order valence-electron chi connectivity index (χ4n) is 1.68. The highest BCUT2D eigenvalue weighted by Gasteiger charge is 2.05. The summed E-state index contributed by atoms with van der Waals surface area (Å²) in [5.41, 5.74) is 2.08. The van der Waals surface area contributed by atoms with Gasteiger partial charge in [-0.1, -0.05) is 50.2 Å². The number of benzene rings is 1. The zero-order chi connectivity index (χ0) is 14.4. The summed E-state index contributed by atoms with van der Waals surface area (Å²) in [6.45, 7) is 4.44. The number of rotatable bonds is 4. The van der Waals surface area contributed by atoms with Crippen LogP contribution in [0.1, 0.15) is 30.9 Å². The lowest BCUT2D eigenvalue weighted by Gasteiger charge is -2.08. The van der Waals surface area contributed by atoms with Gasteiger partial charge in [-0.05, 0) is 23.1 Å². The third-order valence-electron chi connectivity index (χ3n) is 2.90. The van der Waals surface area contributed by atoms with Crippen LogP contribution in [0.15, 0.2) is 48.7 Å². The maximum Gasteiger partial charge on any atom is 0.413 e. The van der Waals surface area contributed by atoms with E-state index >= 15 is 0 Å². The molecule has 2 rings (SSSR count). The molecule has 0 unspecified atom stereocenters. The molecule has 20 heavy (non-hydrogen) atoms. The maximum atomic E-state index is 11.6. The van der Waals surface area contributed by atoms with Crippen LogP contribution in [0, 0.1) is 0 Å². The number of nitrogens with one attached hydrogen (secondary N) is 1. The van der Waals surface area contributed by atoms with E-state index in [1.165, 1.54) is 0 Å². The van der Waals surface area contributed by atoms with Crippen molar-refractivity contribution in [3.05, 3.63) is 59.8 Å². The van der Waals surface area contributed by atoms with E-state index in [1.54, 1.807) is 12.3 Å². The Kier molecular flexibility index (Phi) is 4.71. The molecule has 0 saturated carbocycles. The molecule has 4 nitrogen and oxygen atoms in total. The first-order valence-electron chi connectivity index (χ1n) is 6.59. The summed E-state index contributed by atoms with van der Waals surface area (Å²) in [6.07, 6.45) is 1.26. The molecule has 0 atom stereocenters.